The minimum atomic E-state index is -0.168. The number of benzene rings is 1. The Balaban J connectivity index is 1.97. The van der Waals surface area contributed by atoms with E-state index in [-0.39, 0.29) is 30.4 Å². The zero-order chi connectivity index (χ0) is 19.1. The summed E-state index contributed by atoms with van der Waals surface area (Å²) in [5.41, 5.74) is 1.09. The molecule has 1 aromatic rings. The summed E-state index contributed by atoms with van der Waals surface area (Å²) in [7, 11) is 3.27. The Labute approximate surface area is 155 Å². The fourth-order valence-corrected chi connectivity index (χ4v) is 3.43. The minimum absolute atomic E-state index is 0.0147. The predicted octanol–water partition coefficient (Wildman–Crippen LogP) is 0.0644. The van der Waals surface area contributed by atoms with Crippen molar-refractivity contribution in [3.8, 4) is 11.5 Å². The summed E-state index contributed by atoms with van der Waals surface area (Å²) >= 11 is 0. The Morgan fingerprint density at radius 2 is 2.00 bits per heavy atom. The molecule has 0 radical (unpaired) electrons. The van der Waals surface area contributed by atoms with E-state index in [9.17, 15) is 9.59 Å². The van der Waals surface area contributed by atoms with Crippen LogP contribution in [0.15, 0.2) is 18.2 Å². The van der Waals surface area contributed by atoms with Crippen molar-refractivity contribution in [1.29, 1.82) is 0 Å². The third-order valence-electron chi connectivity index (χ3n) is 4.58. The molecule has 0 aliphatic carbocycles. The van der Waals surface area contributed by atoms with Gasteiger partial charge in [0, 0.05) is 24.9 Å². The number of amides is 2. The van der Waals surface area contributed by atoms with E-state index in [2.05, 4.69) is 10.6 Å². The fraction of sp³-hybridized carbons (Fsp3) is 0.579. The smallest absolute Gasteiger partial charge is 0.275 e. The number of quaternary nitrogens is 1. The lowest BCUT2D eigenvalue weighted by Crippen LogP contribution is -3.11. The van der Waals surface area contributed by atoms with Gasteiger partial charge in [-0.1, -0.05) is 0 Å². The summed E-state index contributed by atoms with van der Waals surface area (Å²) in [5.74, 6) is 1.25. The van der Waals surface area contributed by atoms with E-state index in [1.807, 2.05) is 32.0 Å². The van der Waals surface area contributed by atoms with E-state index in [0.29, 0.717) is 6.54 Å². The van der Waals surface area contributed by atoms with Crippen LogP contribution in [0, 0.1) is 0 Å². The lowest BCUT2D eigenvalue weighted by Gasteiger charge is -2.23. The van der Waals surface area contributed by atoms with Crippen LogP contribution in [-0.4, -0.2) is 51.7 Å². The first-order valence-electron chi connectivity index (χ1n) is 9.07. The number of hydrogen-bond acceptors (Lipinski definition) is 4. The van der Waals surface area contributed by atoms with Crippen LogP contribution in [0.5, 0.6) is 11.5 Å². The van der Waals surface area contributed by atoms with Crippen molar-refractivity contribution in [2.75, 3.05) is 33.9 Å². The molecule has 1 heterocycles. The Morgan fingerprint density at radius 3 is 2.65 bits per heavy atom. The zero-order valence-electron chi connectivity index (χ0n) is 16.1. The number of hydrogen-bond donors (Lipinski definition) is 3. The van der Waals surface area contributed by atoms with Gasteiger partial charge in [-0.25, -0.2) is 0 Å². The van der Waals surface area contributed by atoms with Crippen LogP contribution in [0.2, 0.25) is 0 Å². The number of carbonyl (C=O) groups is 2. The first-order valence-corrected chi connectivity index (χ1v) is 9.07. The van der Waals surface area contributed by atoms with Crippen LogP contribution >= 0.6 is 0 Å². The third-order valence-corrected chi connectivity index (χ3v) is 4.58. The molecule has 2 rings (SSSR count). The van der Waals surface area contributed by atoms with E-state index >= 15 is 0 Å². The van der Waals surface area contributed by atoms with Crippen LogP contribution in [0.1, 0.15) is 38.3 Å². The number of methoxy groups -OCH3 is 2. The van der Waals surface area contributed by atoms with Gasteiger partial charge in [-0.15, -0.1) is 0 Å². The second-order valence-corrected chi connectivity index (χ2v) is 6.89. The Hall–Kier alpha value is -2.28. The standard InChI is InChI=1S/C19H29N3O4/c1-13(2)21-18(23)11-20-19(24)12-22-9-5-6-16(22)15-8-7-14(25-3)10-17(15)26-4/h7-8,10,13,16H,5-6,9,11-12H2,1-4H3,(H,20,24)(H,21,23)/p+1/t16-/m1/s1. The molecule has 1 fully saturated rings. The predicted molar refractivity (Wildman–Crippen MR) is 98.5 cm³/mol. The summed E-state index contributed by atoms with van der Waals surface area (Å²) < 4.78 is 10.8. The average molecular weight is 364 g/mol. The summed E-state index contributed by atoms with van der Waals surface area (Å²) in [6.07, 6.45) is 2.05. The first kappa shape index (κ1) is 20.0. The first-order chi connectivity index (χ1) is 12.4. The van der Waals surface area contributed by atoms with Crippen molar-refractivity contribution < 1.29 is 24.0 Å². The Bertz CT molecular complexity index is 633. The highest BCUT2D eigenvalue weighted by molar-refractivity contribution is 5.85. The molecule has 7 heteroatoms. The molecular formula is C19H30N3O4+. The Kier molecular flexibility index (Phi) is 7.26. The second-order valence-electron chi connectivity index (χ2n) is 6.89. The molecule has 7 nitrogen and oxygen atoms in total. The Morgan fingerprint density at radius 1 is 1.23 bits per heavy atom. The van der Waals surface area contributed by atoms with Gasteiger partial charge >= 0.3 is 0 Å². The zero-order valence-corrected chi connectivity index (χ0v) is 16.1. The van der Waals surface area contributed by atoms with Gasteiger partial charge in [-0.05, 0) is 26.0 Å². The summed E-state index contributed by atoms with van der Waals surface area (Å²) in [4.78, 5) is 25.1. The van der Waals surface area contributed by atoms with Crippen LogP contribution < -0.4 is 25.0 Å². The van der Waals surface area contributed by atoms with Crippen LogP contribution in [-0.2, 0) is 9.59 Å². The van der Waals surface area contributed by atoms with Gasteiger partial charge < -0.3 is 25.0 Å². The molecule has 0 aromatic heterocycles. The van der Waals surface area contributed by atoms with Crippen molar-refractivity contribution >= 4 is 11.8 Å². The quantitative estimate of drug-likeness (QED) is 0.610. The maximum absolute atomic E-state index is 12.3. The lowest BCUT2D eigenvalue weighted by atomic mass is 10.0. The van der Waals surface area contributed by atoms with Crippen LogP contribution in [0.25, 0.3) is 0 Å². The normalized spacial score (nSPS) is 19.3. The highest BCUT2D eigenvalue weighted by Crippen LogP contribution is 2.31. The number of nitrogens with one attached hydrogen (secondary N) is 3. The molecule has 1 aromatic carbocycles. The molecule has 144 valence electrons. The minimum Gasteiger partial charge on any atom is -0.497 e. The van der Waals surface area contributed by atoms with Crippen molar-refractivity contribution in [1.82, 2.24) is 10.6 Å². The molecule has 1 unspecified atom stereocenters. The molecule has 26 heavy (non-hydrogen) atoms. The monoisotopic (exact) mass is 364 g/mol. The van der Waals surface area contributed by atoms with Gasteiger partial charge in [0.25, 0.3) is 5.91 Å². The summed E-state index contributed by atoms with van der Waals surface area (Å²) in [6, 6.07) is 6.08. The number of ether oxygens (including phenoxy) is 2. The van der Waals surface area contributed by atoms with Gasteiger partial charge in [0.2, 0.25) is 5.91 Å². The molecule has 0 spiro atoms. The average Bonchev–Trinajstić information content (AvgIpc) is 3.06. The molecular weight excluding hydrogens is 334 g/mol. The molecule has 1 saturated heterocycles. The number of carbonyl (C=O) groups excluding carboxylic acids is 2. The van der Waals surface area contributed by atoms with Gasteiger partial charge in [-0.3, -0.25) is 9.59 Å². The molecule has 2 amide bonds. The van der Waals surface area contributed by atoms with Gasteiger partial charge in [-0.2, -0.15) is 0 Å². The van der Waals surface area contributed by atoms with Crippen molar-refractivity contribution in [2.45, 2.75) is 38.8 Å². The van der Waals surface area contributed by atoms with E-state index in [1.165, 1.54) is 4.90 Å². The summed E-state index contributed by atoms with van der Waals surface area (Å²) in [6.45, 7) is 5.06. The van der Waals surface area contributed by atoms with Crippen LogP contribution in [0.3, 0.4) is 0 Å². The highest BCUT2D eigenvalue weighted by atomic mass is 16.5. The van der Waals surface area contributed by atoms with Crippen molar-refractivity contribution in [3.05, 3.63) is 23.8 Å². The molecule has 0 bridgehead atoms. The topological polar surface area (TPSA) is 81.1 Å². The number of rotatable bonds is 8. The van der Waals surface area contributed by atoms with Crippen molar-refractivity contribution in [2.24, 2.45) is 0 Å². The molecule has 1 aliphatic heterocycles. The van der Waals surface area contributed by atoms with Crippen molar-refractivity contribution in [3.63, 3.8) is 0 Å². The van der Waals surface area contributed by atoms with Gasteiger partial charge in [0.05, 0.1) is 32.9 Å². The molecule has 2 atom stereocenters. The van der Waals surface area contributed by atoms with Crippen LogP contribution in [0.4, 0.5) is 0 Å². The third kappa shape index (κ3) is 5.36. The maximum Gasteiger partial charge on any atom is 0.275 e. The molecule has 1 aliphatic rings. The lowest BCUT2D eigenvalue weighted by molar-refractivity contribution is -0.910. The molecule has 3 N–H and O–H groups in total. The summed E-state index contributed by atoms with van der Waals surface area (Å²) in [5, 5.41) is 5.47. The number of likely N-dealkylation sites (tertiary alicyclic amines) is 1. The molecule has 0 saturated carbocycles. The van der Waals surface area contributed by atoms with E-state index in [1.54, 1.807) is 14.2 Å². The largest absolute Gasteiger partial charge is 0.497 e. The van der Waals surface area contributed by atoms with E-state index < -0.39 is 0 Å². The highest BCUT2D eigenvalue weighted by Gasteiger charge is 2.33. The maximum atomic E-state index is 12.3. The van der Waals surface area contributed by atoms with E-state index in [4.69, 9.17) is 9.47 Å². The van der Waals surface area contributed by atoms with E-state index in [0.717, 1.165) is 36.4 Å². The van der Waals surface area contributed by atoms with Gasteiger partial charge in [0.1, 0.15) is 17.5 Å². The SMILES string of the molecule is COc1ccc([C@H]2CCC[NH+]2CC(=O)NCC(=O)NC(C)C)c(OC)c1. The van der Waals surface area contributed by atoms with Gasteiger partial charge in [0.15, 0.2) is 6.54 Å². The fourth-order valence-electron chi connectivity index (χ4n) is 3.43. The second kappa shape index (κ2) is 9.43.